The Morgan fingerprint density at radius 3 is 2.82 bits per heavy atom. The Morgan fingerprint density at radius 1 is 1.23 bits per heavy atom. The number of ketones is 1. The monoisotopic (exact) mass is 290 g/mol. The summed E-state index contributed by atoms with van der Waals surface area (Å²) in [5.74, 6) is 4.96. The maximum absolute atomic E-state index is 11.6. The van der Waals surface area contributed by atoms with Crippen molar-refractivity contribution >= 4 is 16.7 Å². The number of aryl methyl sites for hydroxylation is 1. The van der Waals surface area contributed by atoms with Crippen LogP contribution in [0.4, 0.5) is 0 Å². The molecule has 0 bridgehead atoms. The molecule has 2 heterocycles. The van der Waals surface area contributed by atoms with Gasteiger partial charge in [-0.3, -0.25) is 9.48 Å². The Hall–Kier alpha value is -3.00. The molecule has 108 valence electrons. The fraction of sp³-hybridized carbons (Fsp3) is 0.176. The van der Waals surface area contributed by atoms with Crippen LogP contribution in [0.15, 0.2) is 36.7 Å². The van der Waals surface area contributed by atoms with Crippen molar-refractivity contribution in [2.24, 2.45) is 7.05 Å². The number of nitrogens with zero attached hydrogens (tertiary/aromatic N) is 4. The zero-order chi connectivity index (χ0) is 15.5. The van der Waals surface area contributed by atoms with E-state index in [9.17, 15) is 4.79 Å². The number of benzene rings is 1. The van der Waals surface area contributed by atoms with Crippen LogP contribution in [0.1, 0.15) is 12.6 Å². The minimum absolute atomic E-state index is 0.153. The Labute approximate surface area is 128 Å². The van der Waals surface area contributed by atoms with Gasteiger partial charge in [-0.25, -0.2) is 0 Å². The van der Waals surface area contributed by atoms with Crippen molar-refractivity contribution in [1.29, 1.82) is 0 Å². The topological polar surface area (TPSA) is 60.7 Å². The first-order valence-corrected chi connectivity index (χ1v) is 6.86. The third kappa shape index (κ3) is 2.86. The lowest BCUT2D eigenvalue weighted by Crippen LogP contribution is -2.02. The SMILES string of the molecule is CC#CC(=O)Cc1cc2cc(-c3cnn(C)c3)ccc2nn1. The molecule has 0 amide bonds. The molecule has 1 aromatic carbocycles. The highest BCUT2D eigenvalue weighted by Crippen LogP contribution is 2.23. The first-order chi connectivity index (χ1) is 10.7. The molecule has 22 heavy (non-hydrogen) atoms. The van der Waals surface area contributed by atoms with E-state index in [0.29, 0.717) is 5.69 Å². The summed E-state index contributed by atoms with van der Waals surface area (Å²) >= 11 is 0. The average molecular weight is 290 g/mol. The number of hydrogen-bond donors (Lipinski definition) is 0. The fourth-order valence-corrected chi connectivity index (χ4v) is 2.27. The summed E-state index contributed by atoms with van der Waals surface area (Å²) in [6.45, 7) is 1.64. The van der Waals surface area contributed by atoms with Crippen molar-refractivity contribution in [2.75, 3.05) is 0 Å². The lowest BCUT2D eigenvalue weighted by atomic mass is 10.1. The smallest absolute Gasteiger partial charge is 0.211 e. The van der Waals surface area contributed by atoms with E-state index in [-0.39, 0.29) is 12.2 Å². The maximum atomic E-state index is 11.6. The molecule has 0 fully saturated rings. The zero-order valence-electron chi connectivity index (χ0n) is 12.4. The molecule has 0 saturated carbocycles. The summed E-state index contributed by atoms with van der Waals surface area (Å²) in [6, 6.07) is 7.82. The minimum Gasteiger partial charge on any atom is -0.284 e. The molecule has 5 nitrogen and oxygen atoms in total. The molecule has 0 saturated heterocycles. The van der Waals surface area contributed by atoms with Crippen LogP contribution < -0.4 is 0 Å². The quantitative estimate of drug-likeness (QED) is 0.548. The number of carbonyl (C=O) groups excluding carboxylic acids is 1. The van der Waals surface area contributed by atoms with E-state index < -0.39 is 0 Å². The van der Waals surface area contributed by atoms with Gasteiger partial charge in [0.1, 0.15) is 0 Å². The van der Waals surface area contributed by atoms with Crippen LogP contribution >= 0.6 is 0 Å². The number of fused-ring (bicyclic) bond motifs is 1. The van der Waals surface area contributed by atoms with Gasteiger partial charge in [-0.1, -0.05) is 12.0 Å². The Balaban J connectivity index is 1.98. The second kappa shape index (κ2) is 5.78. The molecule has 0 aliphatic carbocycles. The van der Waals surface area contributed by atoms with Crippen LogP contribution in [0, 0.1) is 11.8 Å². The standard InChI is InChI=1S/C17H14N4O/c1-3-4-16(22)9-15-8-13-7-12(5-6-17(13)20-19-15)14-10-18-21(2)11-14/h5-8,10-11H,9H2,1-2H3. The molecular weight excluding hydrogens is 276 g/mol. The van der Waals surface area contributed by atoms with Crippen LogP contribution in [0.2, 0.25) is 0 Å². The van der Waals surface area contributed by atoms with Gasteiger partial charge in [0, 0.05) is 24.2 Å². The van der Waals surface area contributed by atoms with Crippen molar-refractivity contribution in [3.05, 3.63) is 42.4 Å². The lowest BCUT2D eigenvalue weighted by Gasteiger charge is -2.02. The number of Topliss-reactive ketones (excluding diaryl/α,β-unsaturated/α-hetero) is 1. The van der Waals surface area contributed by atoms with Crippen molar-refractivity contribution in [3.63, 3.8) is 0 Å². The van der Waals surface area contributed by atoms with Gasteiger partial charge in [-0.2, -0.15) is 15.3 Å². The van der Waals surface area contributed by atoms with E-state index in [4.69, 9.17) is 0 Å². The van der Waals surface area contributed by atoms with Crippen LogP contribution in [0.25, 0.3) is 22.0 Å². The van der Waals surface area contributed by atoms with Gasteiger partial charge >= 0.3 is 0 Å². The van der Waals surface area contributed by atoms with Gasteiger partial charge in [0.25, 0.3) is 0 Å². The van der Waals surface area contributed by atoms with E-state index in [2.05, 4.69) is 27.1 Å². The molecule has 0 N–H and O–H groups in total. The molecule has 3 rings (SSSR count). The summed E-state index contributed by atoms with van der Waals surface area (Å²) < 4.78 is 1.76. The van der Waals surface area contributed by atoms with Crippen LogP contribution in [-0.4, -0.2) is 25.8 Å². The van der Waals surface area contributed by atoms with E-state index in [1.165, 1.54) is 0 Å². The van der Waals surface area contributed by atoms with Gasteiger partial charge < -0.3 is 0 Å². The fourth-order valence-electron chi connectivity index (χ4n) is 2.27. The molecule has 0 aliphatic rings. The first-order valence-electron chi connectivity index (χ1n) is 6.86. The predicted octanol–water partition coefficient (Wildman–Crippen LogP) is 2.17. The lowest BCUT2D eigenvalue weighted by molar-refractivity contribution is -0.113. The number of aromatic nitrogens is 4. The zero-order valence-corrected chi connectivity index (χ0v) is 12.4. The Kier molecular flexibility index (Phi) is 3.67. The summed E-state index contributed by atoms with van der Waals surface area (Å²) in [6.07, 6.45) is 3.95. The molecule has 3 aromatic rings. The average Bonchev–Trinajstić information content (AvgIpc) is 2.93. The number of carbonyl (C=O) groups is 1. The second-order valence-electron chi connectivity index (χ2n) is 4.99. The highest BCUT2D eigenvalue weighted by atomic mass is 16.1. The third-order valence-electron chi connectivity index (χ3n) is 3.28. The highest BCUT2D eigenvalue weighted by Gasteiger charge is 2.07. The van der Waals surface area contributed by atoms with Crippen LogP contribution in [-0.2, 0) is 18.3 Å². The van der Waals surface area contributed by atoms with E-state index >= 15 is 0 Å². The molecule has 0 radical (unpaired) electrons. The van der Waals surface area contributed by atoms with Crippen molar-refractivity contribution in [1.82, 2.24) is 20.0 Å². The number of rotatable bonds is 3. The molecular formula is C17H14N4O. The second-order valence-corrected chi connectivity index (χ2v) is 4.99. The van der Waals surface area contributed by atoms with Crippen molar-refractivity contribution in [2.45, 2.75) is 13.3 Å². The van der Waals surface area contributed by atoms with Crippen LogP contribution in [0.3, 0.4) is 0 Å². The van der Waals surface area contributed by atoms with Gasteiger partial charge in [0.15, 0.2) is 0 Å². The van der Waals surface area contributed by atoms with Crippen molar-refractivity contribution < 1.29 is 4.79 Å². The van der Waals surface area contributed by atoms with Crippen LogP contribution in [0.5, 0.6) is 0 Å². The van der Waals surface area contributed by atoms with Gasteiger partial charge in [-0.15, -0.1) is 0 Å². The number of hydrogen-bond acceptors (Lipinski definition) is 4. The molecule has 0 unspecified atom stereocenters. The summed E-state index contributed by atoms with van der Waals surface area (Å²) in [7, 11) is 1.88. The van der Waals surface area contributed by atoms with E-state index in [0.717, 1.165) is 22.0 Å². The molecule has 0 spiro atoms. The summed E-state index contributed by atoms with van der Waals surface area (Å²) in [5.41, 5.74) is 3.52. The van der Waals surface area contributed by atoms with Gasteiger partial charge in [-0.05, 0) is 36.6 Å². The summed E-state index contributed by atoms with van der Waals surface area (Å²) in [5, 5.41) is 13.4. The minimum atomic E-state index is -0.153. The molecule has 2 aromatic heterocycles. The van der Waals surface area contributed by atoms with Gasteiger partial charge in [0.2, 0.25) is 5.78 Å². The van der Waals surface area contributed by atoms with Crippen molar-refractivity contribution in [3.8, 4) is 23.0 Å². The normalized spacial score (nSPS) is 10.3. The molecule has 5 heteroatoms. The Morgan fingerprint density at radius 2 is 2.09 bits per heavy atom. The molecule has 0 atom stereocenters. The van der Waals surface area contributed by atoms with Gasteiger partial charge in [0.05, 0.1) is 23.8 Å². The van der Waals surface area contributed by atoms with E-state index in [1.807, 2.05) is 43.7 Å². The Bertz CT molecular complexity index is 915. The third-order valence-corrected chi connectivity index (χ3v) is 3.28. The highest BCUT2D eigenvalue weighted by molar-refractivity contribution is 5.97. The maximum Gasteiger partial charge on any atom is 0.211 e. The molecule has 0 aliphatic heterocycles. The predicted molar refractivity (Wildman–Crippen MR) is 83.9 cm³/mol. The largest absolute Gasteiger partial charge is 0.284 e. The summed E-state index contributed by atoms with van der Waals surface area (Å²) in [4.78, 5) is 11.6. The van der Waals surface area contributed by atoms with E-state index in [1.54, 1.807) is 11.6 Å². The first kappa shape index (κ1) is 14.0.